The number of thiazole rings is 1. The number of nitrogens with zero attached hydrogens (tertiary/aromatic N) is 2. The van der Waals surface area contributed by atoms with Crippen molar-refractivity contribution in [2.24, 2.45) is 0 Å². The predicted molar refractivity (Wildman–Crippen MR) is 82.3 cm³/mol. The fourth-order valence-corrected chi connectivity index (χ4v) is 3.74. The molecule has 0 aliphatic heterocycles. The van der Waals surface area contributed by atoms with Gasteiger partial charge in [-0.3, -0.25) is 0 Å². The van der Waals surface area contributed by atoms with Crippen molar-refractivity contribution in [3.63, 3.8) is 0 Å². The van der Waals surface area contributed by atoms with Crippen LogP contribution >= 0.6 is 38.6 Å². The van der Waals surface area contributed by atoms with E-state index in [2.05, 4.69) is 32.4 Å². The summed E-state index contributed by atoms with van der Waals surface area (Å²) < 4.78 is 5.85. The first-order valence-electron chi connectivity index (χ1n) is 5.51. The maximum Gasteiger partial charge on any atom is 0.350 e. The summed E-state index contributed by atoms with van der Waals surface area (Å²) in [6.45, 7) is 2.58. The molecule has 0 radical (unpaired) electrons. The van der Waals surface area contributed by atoms with Crippen LogP contribution in [0.3, 0.4) is 0 Å². The summed E-state index contributed by atoms with van der Waals surface area (Å²) in [5.41, 5.74) is 1.93. The third-order valence-electron chi connectivity index (χ3n) is 2.52. The van der Waals surface area contributed by atoms with Gasteiger partial charge in [0.2, 0.25) is 0 Å². The lowest BCUT2D eigenvalue weighted by molar-refractivity contribution is 0.0605. The van der Waals surface area contributed by atoms with Gasteiger partial charge in [-0.05, 0) is 39.9 Å². The van der Waals surface area contributed by atoms with Gasteiger partial charge in [-0.2, -0.15) is 0 Å². The van der Waals surface area contributed by atoms with E-state index in [0.717, 1.165) is 15.5 Å². The smallest absolute Gasteiger partial charge is 0.350 e. The van der Waals surface area contributed by atoms with Crippen molar-refractivity contribution >= 4 is 49.7 Å². The molecule has 0 saturated carbocycles. The third-order valence-corrected chi connectivity index (χ3v) is 5.33. The Balaban J connectivity index is 2.15. The second-order valence-electron chi connectivity index (χ2n) is 4.02. The summed E-state index contributed by atoms with van der Waals surface area (Å²) in [7, 11) is 3.35. The molecule has 4 nitrogen and oxygen atoms in total. The van der Waals surface area contributed by atoms with Crippen LogP contribution in [0.25, 0.3) is 0 Å². The fraction of sp³-hybridized carbons (Fsp3) is 0.333. The molecule has 2 heterocycles. The van der Waals surface area contributed by atoms with Gasteiger partial charge in [0.1, 0.15) is 4.88 Å². The molecule has 0 bridgehead atoms. The minimum Gasteiger partial charge on any atom is -0.465 e. The zero-order valence-corrected chi connectivity index (χ0v) is 14.0. The Hall–Kier alpha value is -0.920. The highest BCUT2D eigenvalue weighted by atomic mass is 79.9. The number of anilines is 1. The lowest BCUT2D eigenvalue weighted by Gasteiger charge is -2.14. The zero-order valence-electron chi connectivity index (χ0n) is 10.8. The van der Waals surface area contributed by atoms with Crippen molar-refractivity contribution in [3.05, 3.63) is 31.4 Å². The Bertz CT molecular complexity index is 594. The summed E-state index contributed by atoms with van der Waals surface area (Å²) in [5.74, 6) is -0.326. The van der Waals surface area contributed by atoms with Gasteiger partial charge in [0.25, 0.3) is 0 Å². The molecule has 102 valence electrons. The van der Waals surface area contributed by atoms with Crippen LogP contribution in [0.1, 0.15) is 20.9 Å². The molecule has 0 N–H and O–H groups in total. The molecule has 0 aromatic carbocycles. The Morgan fingerprint density at radius 1 is 1.58 bits per heavy atom. The molecule has 0 aliphatic rings. The van der Waals surface area contributed by atoms with Crippen molar-refractivity contribution in [3.8, 4) is 0 Å². The van der Waals surface area contributed by atoms with Crippen molar-refractivity contribution in [2.75, 3.05) is 19.1 Å². The first kappa shape index (κ1) is 14.5. The van der Waals surface area contributed by atoms with Gasteiger partial charge in [-0.15, -0.1) is 11.3 Å². The normalized spacial score (nSPS) is 10.5. The van der Waals surface area contributed by atoms with Gasteiger partial charge in [0, 0.05) is 13.6 Å². The van der Waals surface area contributed by atoms with Gasteiger partial charge in [0.15, 0.2) is 5.13 Å². The zero-order chi connectivity index (χ0) is 14.0. The number of hydrogen-bond acceptors (Lipinski definition) is 6. The molecule has 0 amide bonds. The van der Waals surface area contributed by atoms with Gasteiger partial charge < -0.3 is 9.64 Å². The van der Waals surface area contributed by atoms with Crippen molar-refractivity contribution in [1.29, 1.82) is 0 Å². The number of methoxy groups -OCH3 is 1. The molecule has 0 spiro atoms. The van der Waals surface area contributed by atoms with Crippen molar-refractivity contribution in [1.82, 2.24) is 4.98 Å². The molecule has 7 heteroatoms. The highest BCUT2D eigenvalue weighted by molar-refractivity contribution is 9.11. The number of esters is 1. The molecular weight excluding hydrogens is 348 g/mol. The monoisotopic (exact) mass is 360 g/mol. The van der Waals surface area contributed by atoms with E-state index < -0.39 is 0 Å². The van der Waals surface area contributed by atoms with E-state index in [0.29, 0.717) is 10.6 Å². The number of halogens is 1. The quantitative estimate of drug-likeness (QED) is 0.779. The first-order valence-corrected chi connectivity index (χ1v) is 8.00. The fourth-order valence-electron chi connectivity index (χ4n) is 1.60. The molecule has 0 aliphatic carbocycles. The van der Waals surface area contributed by atoms with Gasteiger partial charge in [-0.1, -0.05) is 11.3 Å². The van der Waals surface area contributed by atoms with Crippen LogP contribution in [-0.4, -0.2) is 25.1 Å². The Morgan fingerprint density at radius 2 is 2.32 bits per heavy atom. The average molecular weight is 361 g/mol. The maximum absolute atomic E-state index is 11.6. The van der Waals surface area contributed by atoms with E-state index in [1.165, 1.54) is 24.0 Å². The molecule has 2 rings (SSSR count). The van der Waals surface area contributed by atoms with Gasteiger partial charge in [0.05, 0.1) is 16.6 Å². The second-order valence-corrected chi connectivity index (χ2v) is 7.29. The summed E-state index contributed by atoms with van der Waals surface area (Å²) >= 11 is 6.46. The van der Waals surface area contributed by atoms with E-state index in [4.69, 9.17) is 4.74 Å². The molecule has 0 fully saturated rings. The molecule has 0 unspecified atom stereocenters. The third kappa shape index (κ3) is 3.34. The number of carbonyl (C=O) groups is 1. The molecule has 2 aromatic heterocycles. The lowest BCUT2D eigenvalue weighted by Crippen LogP contribution is -2.15. The molecule has 0 atom stereocenters. The van der Waals surface area contributed by atoms with Crippen LogP contribution < -0.4 is 4.90 Å². The number of ether oxygens (including phenoxy) is 1. The van der Waals surface area contributed by atoms with Gasteiger partial charge in [-0.25, -0.2) is 9.78 Å². The van der Waals surface area contributed by atoms with Gasteiger partial charge >= 0.3 is 5.97 Å². The first-order chi connectivity index (χ1) is 9.01. The molecule has 0 saturated heterocycles. The lowest BCUT2D eigenvalue weighted by atomic mass is 10.3. The second kappa shape index (κ2) is 6.02. The summed E-state index contributed by atoms with van der Waals surface area (Å²) in [6.07, 6.45) is 0. The minimum absolute atomic E-state index is 0.326. The van der Waals surface area contributed by atoms with E-state index in [1.54, 1.807) is 11.3 Å². The Kier molecular flexibility index (Phi) is 4.59. The minimum atomic E-state index is -0.326. The number of carbonyl (C=O) groups excluding carboxylic acids is 1. The maximum atomic E-state index is 11.6. The standard InChI is InChI=1S/C12H13BrN2O2S2/c1-7-10(11(16)17-3)19-12(14-7)15(2)5-8-4-9(13)18-6-8/h4,6H,5H2,1-3H3. The Morgan fingerprint density at radius 3 is 2.89 bits per heavy atom. The Labute approximate surface area is 128 Å². The highest BCUT2D eigenvalue weighted by Gasteiger charge is 2.17. The van der Waals surface area contributed by atoms with Crippen LogP contribution in [-0.2, 0) is 11.3 Å². The van der Waals surface area contributed by atoms with Crippen LogP contribution in [0.15, 0.2) is 15.2 Å². The summed E-state index contributed by atoms with van der Waals surface area (Å²) in [5, 5.41) is 2.92. The van der Waals surface area contributed by atoms with Crippen molar-refractivity contribution in [2.45, 2.75) is 13.5 Å². The van der Waals surface area contributed by atoms with Crippen LogP contribution in [0.5, 0.6) is 0 Å². The van der Waals surface area contributed by atoms with E-state index in [1.807, 2.05) is 18.9 Å². The molecule has 2 aromatic rings. The van der Waals surface area contributed by atoms with E-state index in [-0.39, 0.29) is 5.97 Å². The number of aryl methyl sites for hydroxylation is 1. The number of rotatable bonds is 4. The number of thiophene rings is 1. The number of hydrogen-bond donors (Lipinski definition) is 0. The molecule has 19 heavy (non-hydrogen) atoms. The van der Waals surface area contributed by atoms with Crippen molar-refractivity contribution < 1.29 is 9.53 Å². The van der Waals surface area contributed by atoms with Crippen LogP contribution in [0, 0.1) is 6.92 Å². The molecular formula is C12H13BrN2O2S2. The highest BCUT2D eigenvalue weighted by Crippen LogP contribution is 2.28. The predicted octanol–water partition coefficient (Wildman–Crippen LogP) is 3.70. The number of aromatic nitrogens is 1. The summed E-state index contributed by atoms with van der Waals surface area (Å²) in [4.78, 5) is 18.6. The summed E-state index contributed by atoms with van der Waals surface area (Å²) in [6, 6.07) is 2.09. The topological polar surface area (TPSA) is 42.4 Å². The van der Waals surface area contributed by atoms with E-state index >= 15 is 0 Å². The van der Waals surface area contributed by atoms with Crippen LogP contribution in [0.2, 0.25) is 0 Å². The van der Waals surface area contributed by atoms with E-state index in [9.17, 15) is 4.79 Å². The van der Waals surface area contributed by atoms with Crippen LogP contribution in [0.4, 0.5) is 5.13 Å². The SMILES string of the molecule is COC(=O)c1sc(N(C)Cc2csc(Br)c2)nc1C. The average Bonchev–Trinajstić information content (AvgIpc) is 2.95. The largest absolute Gasteiger partial charge is 0.465 e.